The summed E-state index contributed by atoms with van der Waals surface area (Å²) in [6, 6.07) is 11.3. The van der Waals surface area contributed by atoms with Crippen LogP contribution in [0.4, 0.5) is 0 Å². The number of hydrogen-bond acceptors (Lipinski definition) is 3. The molecule has 2 heterocycles. The Balaban J connectivity index is 1.70. The molecule has 2 N–H and O–H groups in total. The highest BCUT2D eigenvalue weighted by molar-refractivity contribution is 5.94. The lowest BCUT2D eigenvalue weighted by Gasteiger charge is -2.35. The number of fused-ring (bicyclic) bond motifs is 1. The van der Waals surface area contributed by atoms with Gasteiger partial charge in [0.15, 0.2) is 0 Å². The molecule has 0 aliphatic heterocycles. The number of aryl methyl sites for hydroxylation is 2. The number of carbonyl (C=O) groups is 1. The van der Waals surface area contributed by atoms with Gasteiger partial charge in [-0.05, 0) is 43.0 Å². The normalized spacial score (nSPS) is 19.0. The molecule has 0 saturated carbocycles. The molecule has 26 heavy (non-hydrogen) atoms. The van der Waals surface area contributed by atoms with E-state index in [0.29, 0.717) is 0 Å². The van der Waals surface area contributed by atoms with Crippen molar-refractivity contribution in [3.8, 4) is 0 Å². The van der Waals surface area contributed by atoms with Crippen LogP contribution in [0.5, 0.6) is 0 Å². The summed E-state index contributed by atoms with van der Waals surface area (Å²) < 4.78 is 2.03. The number of aromatic amines is 1. The van der Waals surface area contributed by atoms with E-state index in [1.54, 1.807) is 31.6 Å². The number of carbonyl (C=O) groups excluding carboxylic acids is 1. The van der Waals surface area contributed by atoms with Gasteiger partial charge in [0.25, 0.3) is 11.5 Å². The van der Waals surface area contributed by atoms with Crippen molar-refractivity contribution in [3.63, 3.8) is 0 Å². The smallest absolute Gasteiger partial charge is 0.260 e. The molecule has 4 rings (SSSR count). The van der Waals surface area contributed by atoms with Crippen LogP contribution in [0.15, 0.2) is 59.9 Å². The third-order valence-corrected chi connectivity index (χ3v) is 4.98. The lowest BCUT2D eigenvalue weighted by Crippen LogP contribution is -2.39. The van der Waals surface area contributed by atoms with Gasteiger partial charge in [-0.25, -0.2) is 4.98 Å². The zero-order valence-electron chi connectivity index (χ0n) is 14.5. The van der Waals surface area contributed by atoms with Crippen LogP contribution in [0, 0.1) is 6.92 Å². The molecule has 0 unspecified atom stereocenters. The Morgan fingerprint density at radius 3 is 2.88 bits per heavy atom. The number of aromatic nitrogens is 3. The van der Waals surface area contributed by atoms with E-state index in [1.807, 2.05) is 29.0 Å². The highest BCUT2D eigenvalue weighted by Crippen LogP contribution is 2.37. The summed E-state index contributed by atoms with van der Waals surface area (Å²) in [5.74, 6) is -0.363. The van der Waals surface area contributed by atoms with E-state index in [9.17, 15) is 9.59 Å². The minimum atomic E-state index is -0.370. The Labute approximate surface area is 150 Å². The van der Waals surface area contributed by atoms with Crippen molar-refractivity contribution in [2.24, 2.45) is 0 Å². The molecule has 0 radical (unpaired) electrons. The maximum atomic E-state index is 12.8. The van der Waals surface area contributed by atoms with Crippen LogP contribution >= 0.6 is 0 Å². The topological polar surface area (TPSA) is 79.8 Å². The molecule has 0 fully saturated rings. The van der Waals surface area contributed by atoms with Crippen LogP contribution in [0.2, 0.25) is 0 Å². The Morgan fingerprint density at radius 2 is 2.12 bits per heavy atom. The number of nitrogens with zero attached hydrogens (tertiary/aromatic N) is 2. The zero-order valence-corrected chi connectivity index (χ0v) is 14.5. The van der Waals surface area contributed by atoms with Crippen LogP contribution in [0.25, 0.3) is 0 Å². The Kier molecular flexibility index (Phi) is 4.16. The molecule has 1 aromatic carbocycles. The number of hydrogen-bond donors (Lipinski definition) is 2. The molecular formula is C20H20N4O2. The van der Waals surface area contributed by atoms with Gasteiger partial charge in [0, 0.05) is 18.1 Å². The quantitative estimate of drug-likeness (QED) is 0.763. The first-order valence-corrected chi connectivity index (χ1v) is 8.69. The molecule has 1 aliphatic rings. The van der Waals surface area contributed by atoms with Crippen molar-refractivity contribution >= 4 is 5.91 Å². The van der Waals surface area contributed by atoms with E-state index >= 15 is 0 Å². The van der Waals surface area contributed by atoms with Gasteiger partial charge in [0.05, 0.1) is 18.4 Å². The summed E-state index contributed by atoms with van der Waals surface area (Å²) in [6.07, 6.45) is 7.26. The predicted octanol–water partition coefficient (Wildman–Crippen LogP) is 2.54. The third kappa shape index (κ3) is 2.94. The van der Waals surface area contributed by atoms with Crippen molar-refractivity contribution in [1.82, 2.24) is 19.9 Å². The van der Waals surface area contributed by atoms with Crippen molar-refractivity contribution in [2.75, 3.05) is 0 Å². The van der Waals surface area contributed by atoms with Crippen LogP contribution in [0.1, 0.15) is 45.7 Å². The minimum absolute atomic E-state index is 0.0564. The molecule has 132 valence electrons. The average molecular weight is 348 g/mol. The first kappa shape index (κ1) is 16.3. The molecule has 0 bridgehead atoms. The number of rotatable bonds is 3. The highest BCUT2D eigenvalue weighted by atomic mass is 16.2. The van der Waals surface area contributed by atoms with Gasteiger partial charge in [0.2, 0.25) is 0 Å². The zero-order chi connectivity index (χ0) is 18.1. The largest absolute Gasteiger partial charge is 0.343 e. The van der Waals surface area contributed by atoms with Crippen molar-refractivity contribution < 1.29 is 4.79 Å². The average Bonchev–Trinajstić information content (AvgIpc) is 3.16. The SMILES string of the molecule is Cc1ccc(C(=O)N[C@@H]2c3ccccc3CC[C@@H]2n2ccnc2)c(=O)[nH]1. The van der Waals surface area contributed by atoms with E-state index in [1.165, 1.54) is 5.56 Å². The Hall–Kier alpha value is -3.15. The molecule has 1 amide bonds. The van der Waals surface area contributed by atoms with Gasteiger partial charge in [-0.2, -0.15) is 0 Å². The monoisotopic (exact) mass is 348 g/mol. The fraction of sp³-hybridized carbons (Fsp3) is 0.250. The highest BCUT2D eigenvalue weighted by Gasteiger charge is 2.32. The third-order valence-electron chi connectivity index (χ3n) is 4.98. The Morgan fingerprint density at radius 1 is 1.27 bits per heavy atom. The summed E-state index contributed by atoms with van der Waals surface area (Å²) in [5, 5.41) is 3.08. The van der Waals surface area contributed by atoms with Crippen molar-refractivity contribution in [1.29, 1.82) is 0 Å². The summed E-state index contributed by atoms with van der Waals surface area (Å²) in [4.78, 5) is 31.8. The number of H-pyrrole nitrogens is 1. The van der Waals surface area contributed by atoms with Crippen LogP contribution < -0.4 is 10.9 Å². The molecular weight excluding hydrogens is 328 g/mol. The van der Waals surface area contributed by atoms with Gasteiger partial charge in [0.1, 0.15) is 5.56 Å². The van der Waals surface area contributed by atoms with E-state index in [4.69, 9.17) is 0 Å². The summed E-state index contributed by atoms with van der Waals surface area (Å²) in [7, 11) is 0. The molecule has 0 saturated heterocycles. The van der Waals surface area contributed by atoms with Crippen molar-refractivity contribution in [3.05, 3.63) is 87.9 Å². The number of nitrogens with one attached hydrogen (secondary N) is 2. The summed E-state index contributed by atoms with van der Waals surface area (Å²) >= 11 is 0. The fourth-order valence-corrected chi connectivity index (χ4v) is 3.67. The van der Waals surface area contributed by atoms with Gasteiger partial charge < -0.3 is 14.9 Å². The van der Waals surface area contributed by atoms with Crippen LogP contribution in [-0.2, 0) is 6.42 Å². The molecule has 1 aliphatic carbocycles. The first-order valence-electron chi connectivity index (χ1n) is 8.69. The molecule has 0 spiro atoms. The van der Waals surface area contributed by atoms with Gasteiger partial charge in [-0.1, -0.05) is 24.3 Å². The number of pyridine rings is 1. The van der Waals surface area contributed by atoms with Gasteiger partial charge in [-0.15, -0.1) is 0 Å². The maximum Gasteiger partial charge on any atom is 0.260 e. The lowest BCUT2D eigenvalue weighted by molar-refractivity contribution is 0.0916. The molecule has 2 atom stereocenters. The number of amides is 1. The fourth-order valence-electron chi connectivity index (χ4n) is 3.67. The van der Waals surface area contributed by atoms with Crippen LogP contribution in [-0.4, -0.2) is 20.4 Å². The second-order valence-electron chi connectivity index (χ2n) is 6.65. The predicted molar refractivity (Wildman–Crippen MR) is 98.0 cm³/mol. The van der Waals surface area contributed by atoms with E-state index < -0.39 is 0 Å². The summed E-state index contributed by atoms with van der Waals surface area (Å²) in [5.41, 5.74) is 2.81. The molecule has 6 heteroatoms. The number of benzene rings is 1. The van der Waals surface area contributed by atoms with Gasteiger partial charge >= 0.3 is 0 Å². The Bertz CT molecular complexity index is 991. The van der Waals surface area contributed by atoms with E-state index in [0.717, 1.165) is 24.1 Å². The summed E-state index contributed by atoms with van der Waals surface area (Å²) in [6.45, 7) is 1.79. The maximum absolute atomic E-state index is 12.8. The van der Waals surface area contributed by atoms with Crippen molar-refractivity contribution in [2.45, 2.75) is 31.8 Å². The van der Waals surface area contributed by atoms with Crippen LogP contribution in [0.3, 0.4) is 0 Å². The second kappa shape index (κ2) is 6.63. The first-order chi connectivity index (χ1) is 12.6. The molecule has 2 aromatic heterocycles. The molecule has 6 nitrogen and oxygen atoms in total. The van der Waals surface area contributed by atoms with E-state index in [2.05, 4.69) is 21.4 Å². The lowest BCUT2D eigenvalue weighted by atomic mass is 9.83. The standard InChI is InChI=1S/C20H20N4O2/c1-13-6-8-16(19(25)22-13)20(26)23-18-15-5-3-2-4-14(15)7-9-17(18)24-11-10-21-12-24/h2-6,8,10-12,17-18H,7,9H2,1H3,(H,22,25)(H,23,26)/t17-,18+/m0/s1. The minimum Gasteiger partial charge on any atom is -0.343 e. The number of imidazole rings is 1. The van der Waals surface area contributed by atoms with E-state index in [-0.39, 0.29) is 29.1 Å². The van der Waals surface area contributed by atoms with Gasteiger partial charge in [-0.3, -0.25) is 9.59 Å². The molecule has 3 aromatic rings. The second-order valence-corrected chi connectivity index (χ2v) is 6.65.